The number of halogens is 1. The van der Waals surface area contributed by atoms with Gasteiger partial charge in [-0.1, -0.05) is 35.7 Å². The van der Waals surface area contributed by atoms with Crippen LogP contribution in [0.1, 0.15) is 32.6 Å². The van der Waals surface area contributed by atoms with E-state index in [2.05, 4.69) is 22.9 Å². The molecular formula is C10H18BrNO. The molecule has 1 aliphatic heterocycles. The van der Waals surface area contributed by atoms with Crippen LogP contribution in [0.15, 0.2) is 0 Å². The van der Waals surface area contributed by atoms with E-state index >= 15 is 0 Å². The van der Waals surface area contributed by atoms with Gasteiger partial charge in [0, 0.05) is 24.8 Å². The standard InChI is InChI=1S/C10H18BrNO/c1-2-3-4-5-12-8-9(7-11)6-10(12)13/h9H,2-8H2,1H3. The summed E-state index contributed by atoms with van der Waals surface area (Å²) in [5, 5.41) is 0.961. The summed E-state index contributed by atoms with van der Waals surface area (Å²) < 4.78 is 0. The predicted molar refractivity (Wildman–Crippen MR) is 58.0 cm³/mol. The first kappa shape index (κ1) is 11.0. The van der Waals surface area contributed by atoms with Gasteiger partial charge in [-0.3, -0.25) is 4.79 Å². The highest BCUT2D eigenvalue weighted by Crippen LogP contribution is 2.19. The van der Waals surface area contributed by atoms with Crippen LogP contribution >= 0.6 is 15.9 Å². The minimum absolute atomic E-state index is 0.348. The van der Waals surface area contributed by atoms with Crippen LogP contribution in [0.25, 0.3) is 0 Å². The molecule has 13 heavy (non-hydrogen) atoms. The van der Waals surface area contributed by atoms with Gasteiger partial charge in [-0.15, -0.1) is 0 Å². The zero-order chi connectivity index (χ0) is 9.68. The molecule has 1 amide bonds. The van der Waals surface area contributed by atoms with Crippen molar-refractivity contribution in [2.24, 2.45) is 5.92 Å². The summed E-state index contributed by atoms with van der Waals surface area (Å²) in [6.07, 6.45) is 4.38. The number of amides is 1. The highest BCUT2D eigenvalue weighted by Gasteiger charge is 2.27. The Morgan fingerprint density at radius 3 is 2.85 bits per heavy atom. The highest BCUT2D eigenvalue weighted by molar-refractivity contribution is 9.09. The summed E-state index contributed by atoms with van der Waals surface area (Å²) in [5.41, 5.74) is 0. The zero-order valence-corrected chi connectivity index (χ0v) is 9.85. The lowest BCUT2D eigenvalue weighted by Crippen LogP contribution is -2.26. The van der Waals surface area contributed by atoms with Crippen LogP contribution in [0, 0.1) is 5.92 Å². The summed E-state index contributed by atoms with van der Waals surface area (Å²) in [6.45, 7) is 4.12. The summed E-state index contributed by atoms with van der Waals surface area (Å²) in [5.74, 6) is 0.898. The first-order chi connectivity index (χ1) is 6.27. The molecule has 1 unspecified atom stereocenters. The molecule has 0 radical (unpaired) electrons. The van der Waals surface area contributed by atoms with Crippen LogP contribution in [-0.2, 0) is 4.79 Å². The summed E-state index contributed by atoms with van der Waals surface area (Å²) in [7, 11) is 0. The lowest BCUT2D eigenvalue weighted by atomic mass is 10.2. The number of nitrogens with zero attached hydrogens (tertiary/aromatic N) is 1. The van der Waals surface area contributed by atoms with E-state index in [-0.39, 0.29) is 0 Å². The van der Waals surface area contributed by atoms with E-state index in [9.17, 15) is 4.79 Å². The molecule has 0 aliphatic carbocycles. The van der Waals surface area contributed by atoms with Crippen LogP contribution in [0.2, 0.25) is 0 Å². The van der Waals surface area contributed by atoms with Gasteiger partial charge >= 0.3 is 0 Å². The average Bonchev–Trinajstić information content (AvgIpc) is 2.48. The Kier molecular flexibility index (Phi) is 4.78. The van der Waals surface area contributed by atoms with Gasteiger partial charge in [0.25, 0.3) is 0 Å². The molecule has 0 N–H and O–H groups in total. The van der Waals surface area contributed by atoms with Gasteiger partial charge in [0.15, 0.2) is 0 Å². The Morgan fingerprint density at radius 2 is 2.31 bits per heavy atom. The second-order valence-corrected chi connectivity index (χ2v) is 4.42. The molecule has 0 aromatic rings. The Hall–Kier alpha value is -0.0500. The number of rotatable bonds is 5. The van der Waals surface area contributed by atoms with Crippen molar-refractivity contribution in [2.75, 3.05) is 18.4 Å². The van der Waals surface area contributed by atoms with Crippen LogP contribution < -0.4 is 0 Å². The van der Waals surface area contributed by atoms with E-state index in [4.69, 9.17) is 0 Å². The molecule has 1 fully saturated rings. The number of alkyl halides is 1. The Bertz CT molecular complexity index is 172. The van der Waals surface area contributed by atoms with Gasteiger partial charge in [-0.25, -0.2) is 0 Å². The third-order valence-electron chi connectivity index (χ3n) is 2.54. The second-order valence-electron chi connectivity index (χ2n) is 3.77. The molecule has 1 saturated heterocycles. The lowest BCUT2D eigenvalue weighted by molar-refractivity contribution is -0.127. The fourth-order valence-corrected chi connectivity index (χ4v) is 2.16. The van der Waals surface area contributed by atoms with Crippen LogP contribution in [-0.4, -0.2) is 29.2 Å². The van der Waals surface area contributed by atoms with Crippen LogP contribution in [0.4, 0.5) is 0 Å². The molecule has 76 valence electrons. The number of hydrogen-bond donors (Lipinski definition) is 0. The Morgan fingerprint density at radius 1 is 1.54 bits per heavy atom. The SMILES string of the molecule is CCCCCN1CC(CBr)CC1=O. The van der Waals surface area contributed by atoms with Gasteiger partial charge in [-0.2, -0.15) is 0 Å². The zero-order valence-electron chi connectivity index (χ0n) is 8.26. The van der Waals surface area contributed by atoms with E-state index < -0.39 is 0 Å². The largest absolute Gasteiger partial charge is 0.342 e. The summed E-state index contributed by atoms with van der Waals surface area (Å²) in [6, 6.07) is 0. The fourth-order valence-electron chi connectivity index (χ4n) is 1.73. The normalized spacial score (nSPS) is 22.8. The molecular weight excluding hydrogens is 230 g/mol. The minimum atomic E-state index is 0.348. The molecule has 3 heteroatoms. The molecule has 0 spiro atoms. The molecule has 1 heterocycles. The quantitative estimate of drug-likeness (QED) is 0.540. The van der Waals surface area contributed by atoms with E-state index in [0.717, 1.165) is 31.3 Å². The Labute approximate surface area is 88.8 Å². The number of hydrogen-bond acceptors (Lipinski definition) is 1. The van der Waals surface area contributed by atoms with Crippen molar-refractivity contribution in [1.29, 1.82) is 0 Å². The van der Waals surface area contributed by atoms with E-state index in [1.807, 2.05) is 4.90 Å². The number of carbonyl (C=O) groups is 1. The average molecular weight is 248 g/mol. The number of carbonyl (C=O) groups excluding carboxylic acids is 1. The smallest absolute Gasteiger partial charge is 0.222 e. The third kappa shape index (κ3) is 3.29. The van der Waals surface area contributed by atoms with Crippen LogP contribution in [0.5, 0.6) is 0 Å². The molecule has 0 bridgehead atoms. The van der Waals surface area contributed by atoms with Crippen molar-refractivity contribution in [1.82, 2.24) is 4.90 Å². The molecule has 0 aromatic carbocycles. The predicted octanol–water partition coefficient (Wildman–Crippen LogP) is 2.42. The number of unbranched alkanes of at least 4 members (excludes halogenated alkanes) is 2. The monoisotopic (exact) mass is 247 g/mol. The topological polar surface area (TPSA) is 20.3 Å². The molecule has 1 rings (SSSR count). The molecule has 0 saturated carbocycles. The summed E-state index contributed by atoms with van der Waals surface area (Å²) in [4.78, 5) is 13.5. The maximum absolute atomic E-state index is 11.4. The third-order valence-corrected chi connectivity index (χ3v) is 3.46. The molecule has 0 aromatic heterocycles. The van der Waals surface area contributed by atoms with Gasteiger partial charge in [0.05, 0.1) is 0 Å². The van der Waals surface area contributed by atoms with Gasteiger partial charge in [0.1, 0.15) is 0 Å². The van der Waals surface area contributed by atoms with Crippen molar-refractivity contribution in [2.45, 2.75) is 32.6 Å². The number of likely N-dealkylation sites (tertiary alicyclic amines) is 1. The second kappa shape index (κ2) is 5.63. The maximum atomic E-state index is 11.4. The van der Waals surface area contributed by atoms with Crippen molar-refractivity contribution in [3.63, 3.8) is 0 Å². The highest BCUT2D eigenvalue weighted by atomic mass is 79.9. The van der Waals surface area contributed by atoms with Gasteiger partial charge in [0.2, 0.25) is 5.91 Å². The molecule has 1 atom stereocenters. The lowest BCUT2D eigenvalue weighted by Gasteiger charge is -2.15. The first-order valence-corrected chi connectivity index (χ1v) is 6.23. The van der Waals surface area contributed by atoms with E-state index in [1.165, 1.54) is 12.8 Å². The molecule has 2 nitrogen and oxygen atoms in total. The van der Waals surface area contributed by atoms with E-state index in [0.29, 0.717) is 11.8 Å². The summed E-state index contributed by atoms with van der Waals surface area (Å²) >= 11 is 3.43. The van der Waals surface area contributed by atoms with Crippen molar-refractivity contribution in [3.05, 3.63) is 0 Å². The Balaban J connectivity index is 2.23. The van der Waals surface area contributed by atoms with Crippen molar-refractivity contribution in [3.8, 4) is 0 Å². The van der Waals surface area contributed by atoms with E-state index in [1.54, 1.807) is 0 Å². The maximum Gasteiger partial charge on any atom is 0.222 e. The van der Waals surface area contributed by atoms with Gasteiger partial charge < -0.3 is 4.90 Å². The fraction of sp³-hybridized carbons (Fsp3) is 0.900. The van der Waals surface area contributed by atoms with Crippen LogP contribution in [0.3, 0.4) is 0 Å². The minimum Gasteiger partial charge on any atom is -0.342 e. The van der Waals surface area contributed by atoms with Crippen molar-refractivity contribution >= 4 is 21.8 Å². The van der Waals surface area contributed by atoms with Crippen molar-refractivity contribution < 1.29 is 4.79 Å². The first-order valence-electron chi connectivity index (χ1n) is 5.11. The van der Waals surface area contributed by atoms with Gasteiger partial charge in [-0.05, 0) is 12.3 Å². The molecule has 1 aliphatic rings.